The van der Waals surface area contributed by atoms with Crippen LogP contribution in [0.2, 0.25) is 0 Å². The van der Waals surface area contributed by atoms with Crippen molar-refractivity contribution in [3.05, 3.63) is 65.3 Å². The second-order valence-corrected chi connectivity index (χ2v) is 10.3. The van der Waals surface area contributed by atoms with Gasteiger partial charge < -0.3 is 0 Å². The number of aryl methyl sites for hydroxylation is 1. The van der Waals surface area contributed by atoms with E-state index in [2.05, 4.69) is 18.2 Å². The molecule has 6 rings (SSSR count). The highest BCUT2D eigenvalue weighted by Crippen LogP contribution is 2.62. The van der Waals surface area contributed by atoms with Gasteiger partial charge in [0.05, 0.1) is 16.7 Å². The Balaban J connectivity index is 1.57. The highest BCUT2D eigenvalue weighted by Gasteiger charge is 2.70. The van der Waals surface area contributed by atoms with Crippen molar-refractivity contribution in [3.8, 4) is 0 Å². The Kier molecular flexibility index (Phi) is 2.98. The van der Waals surface area contributed by atoms with Crippen LogP contribution in [0.25, 0.3) is 0 Å². The molecule has 0 amide bonds. The Labute approximate surface area is 160 Å². The SMILES string of the molecule is Cc1ccc(S(=O)[C@@]23C(=O)C4=C(C(=O)[C@@H]2[C@@H]2C=C[C@H]3C2)[C@H]2C=C[C@@H]4C2)cc1. The predicted octanol–water partition coefficient (Wildman–Crippen LogP) is 3.32. The maximum atomic E-state index is 13.9. The molecule has 1 aromatic rings. The molecule has 1 aromatic carbocycles. The molecule has 5 aliphatic carbocycles. The lowest BCUT2D eigenvalue weighted by Gasteiger charge is -2.43. The lowest BCUT2D eigenvalue weighted by Crippen LogP contribution is -2.59. The molecule has 0 heterocycles. The minimum Gasteiger partial charge on any atom is -0.294 e. The first-order valence-corrected chi connectivity index (χ1v) is 10.9. The first kappa shape index (κ1) is 15.9. The molecular weight excluding hydrogens is 356 g/mol. The molecule has 0 aliphatic heterocycles. The maximum Gasteiger partial charge on any atom is 0.180 e. The molecule has 0 aromatic heterocycles. The number of ketones is 2. The highest BCUT2D eigenvalue weighted by molar-refractivity contribution is 7.87. The minimum absolute atomic E-state index is 0.00490. The molecule has 0 N–H and O–H groups in total. The first-order valence-electron chi connectivity index (χ1n) is 9.71. The zero-order chi connectivity index (χ0) is 18.5. The number of hydrogen-bond acceptors (Lipinski definition) is 3. The van der Waals surface area contributed by atoms with Crippen LogP contribution in [0.15, 0.2) is 64.6 Å². The van der Waals surface area contributed by atoms with Crippen molar-refractivity contribution in [1.82, 2.24) is 0 Å². The third-order valence-corrected chi connectivity index (χ3v) is 9.42. The molecule has 0 radical (unpaired) electrons. The molecule has 1 saturated carbocycles. The van der Waals surface area contributed by atoms with Gasteiger partial charge in [0, 0.05) is 33.8 Å². The van der Waals surface area contributed by atoms with E-state index < -0.39 is 21.5 Å². The van der Waals surface area contributed by atoms with Crippen LogP contribution in [0.1, 0.15) is 18.4 Å². The number of fused-ring (bicyclic) bond motifs is 9. The Morgan fingerprint density at radius 1 is 0.926 bits per heavy atom. The van der Waals surface area contributed by atoms with Crippen molar-refractivity contribution in [2.75, 3.05) is 0 Å². The minimum atomic E-state index is -1.55. The van der Waals surface area contributed by atoms with E-state index in [0.717, 1.165) is 24.0 Å². The van der Waals surface area contributed by atoms with Gasteiger partial charge in [0.1, 0.15) is 4.75 Å². The first-order chi connectivity index (χ1) is 13.0. The van der Waals surface area contributed by atoms with Crippen molar-refractivity contribution < 1.29 is 13.8 Å². The number of allylic oxidation sites excluding steroid dienone is 6. The van der Waals surface area contributed by atoms with Gasteiger partial charge in [-0.05, 0) is 37.8 Å². The predicted molar refractivity (Wildman–Crippen MR) is 102 cm³/mol. The average Bonchev–Trinajstić information content (AvgIpc) is 3.45. The molecule has 0 spiro atoms. The second-order valence-electron chi connectivity index (χ2n) is 8.60. The summed E-state index contributed by atoms with van der Waals surface area (Å²) in [6.07, 6.45) is 9.89. The van der Waals surface area contributed by atoms with Gasteiger partial charge in [0.2, 0.25) is 0 Å². The third kappa shape index (κ3) is 1.71. The number of benzene rings is 1. The van der Waals surface area contributed by atoms with Crippen molar-refractivity contribution in [1.29, 1.82) is 0 Å². The molecule has 1 fully saturated rings. The summed E-state index contributed by atoms with van der Waals surface area (Å²) in [4.78, 5) is 28.2. The van der Waals surface area contributed by atoms with E-state index in [-0.39, 0.29) is 35.2 Å². The van der Waals surface area contributed by atoms with Crippen molar-refractivity contribution >= 4 is 22.4 Å². The Bertz CT molecular complexity index is 1030. The number of carbonyl (C=O) groups excluding carboxylic acids is 2. The molecule has 1 unspecified atom stereocenters. The number of carbonyl (C=O) groups is 2. The van der Waals surface area contributed by atoms with Crippen LogP contribution in [0.4, 0.5) is 0 Å². The van der Waals surface area contributed by atoms with Crippen molar-refractivity contribution in [2.24, 2.45) is 29.6 Å². The number of rotatable bonds is 2. The summed E-state index contributed by atoms with van der Waals surface area (Å²) in [5.41, 5.74) is 2.52. The van der Waals surface area contributed by atoms with Crippen LogP contribution >= 0.6 is 0 Å². The number of Topliss-reactive ketones (excluding diaryl/α,β-unsaturated/α-hetero) is 2. The van der Waals surface area contributed by atoms with Gasteiger partial charge in [-0.25, -0.2) is 0 Å². The lowest BCUT2D eigenvalue weighted by molar-refractivity contribution is -0.129. The van der Waals surface area contributed by atoms with Gasteiger partial charge in [-0.2, -0.15) is 0 Å². The Morgan fingerprint density at radius 2 is 1.63 bits per heavy atom. The second kappa shape index (κ2) is 5.05. The zero-order valence-electron chi connectivity index (χ0n) is 15.1. The quantitative estimate of drug-likeness (QED) is 0.744. The van der Waals surface area contributed by atoms with Crippen LogP contribution in [-0.2, 0) is 20.4 Å². The fraction of sp³-hybridized carbons (Fsp3) is 0.391. The lowest BCUT2D eigenvalue weighted by atomic mass is 9.66. The molecule has 7 atom stereocenters. The number of hydrogen-bond donors (Lipinski definition) is 0. The van der Waals surface area contributed by atoms with E-state index in [0.29, 0.717) is 10.5 Å². The van der Waals surface area contributed by atoms with E-state index in [9.17, 15) is 13.8 Å². The van der Waals surface area contributed by atoms with Crippen LogP contribution < -0.4 is 0 Å². The standard InChI is InChI=1S/C23H20O3S/c1-12-2-8-17(9-3-12)27(26)23-16-7-6-15(11-16)20(23)21(24)18-13-4-5-14(10-13)19(18)22(23)25/h2-9,13-16,20H,10-11H2,1H3/t13-,14+,15+,16-,20-,23+,27?/m0/s1. The van der Waals surface area contributed by atoms with E-state index in [4.69, 9.17) is 0 Å². The van der Waals surface area contributed by atoms with Gasteiger partial charge in [-0.15, -0.1) is 0 Å². The normalized spacial score (nSPS) is 41.4. The average molecular weight is 376 g/mol. The van der Waals surface area contributed by atoms with Gasteiger partial charge in [0.15, 0.2) is 11.6 Å². The summed E-state index contributed by atoms with van der Waals surface area (Å²) in [6, 6.07) is 7.58. The molecule has 5 aliphatic rings. The largest absolute Gasteiger partial charge is 0.294 e. The summed E-state index contributed by atoms with van der Waals surface area (Å²) in [6.45, 7) is 1.99. The maximum absolute atomic E-state index is 13.9. The Hall–Kier alpha value is -2.07. The monoisotopic (exact) mass is 376 g/mol. The molecule has 4 bridgehead atoms. The van der Waals surface area contributed by atoms with E-state index in [1.165, 1.54) is 0 Å². The van der Waals surface area contributed by atoms with Gasteiger partial charge in [-0.3, -0.25) is 13.8 Å². The molecule has 136 valence electrons. The van der Waals surface area contributed by atoms with E-state index in [1.807, 2.05) is 37.3 Å². The third-order valence-electron chi connectivity index (χ3n) is 7.36. The molecule has 0 saturated heterocycles. The summed E-state index contributed by atoms with van der Waals surface area (Å²) in [5.74, 6) is -0.309. The summed E-state index contributed by atoms with van der Waals surface area (Å²) < 4.78 is 12.8. The fourth-order valence-electron chi connectivity index (χ4n) is 6.24. The summed E-state index contributed by atoms with van der Waals surface area (Å²) in [7, 11) is -1.55. The van der Waals surface area contributed by atoms with Crippen LogP contribution in [0.3, 0.4) is 0 Å². The van der Waals surface area contributed by atoms with Crippen molar-refractivity contribution in [2.45, 2.75) is 29.4 Å². The van der Waals surface area contributed by atoms with Crippen LogP contribution in [-0.4, -0.2) is 20.5 Å². The summed E-state index contributed by atoms with van der Waals surface area (Å²) >= 11 is 0. The zero-order valence-corrected chi connectivity index (χ0v) is 15.9. The van der Waals surface area contributed by atoms with Crippen LogP contribution in [0.5, 0.6) is 0 Å². The van der Waals surface area contributed by atoms with E-state index in [1.54, 1.807) is 0 Å². The molecule has 27 heavy (non-hydrogen) atoms. The Morgan fingerprint density at radius 3 is 2.37 bits per heavy atom. The fourth-order valence-corrected chi connectivity index (χ4v) is 8.26. The molecular formula is C23H20O3S. The molecule has 3 nitrogen and oxygen atoms in total. The van der Waals surface area contributed by atoms with E-state index >= 15 is 0 Å². The topological polar surface area (TPSA) is 51.2 Å². The highest BCUT2D eigenvalue weighted by atomic mass is 32.2. The molecule has 4 heteroatoms. The van der Waals surface area contributed by atoms with Gasteiger partial charge >= 0.3 is 0 Å². The summed E-state index contributed by atoms with van der Waals surface area (Å²) in [5, 5.41) is 0. The van der Waals surface area contributed by atoms with Crippen molar-refractivity contribution in [3.63, 3.8) is 0 Å². The van der Waals surface area contributed by atoms with Crippen LogP contribution in [0, 0.1) is 36.5 Å². The smallest absolute Gasteiger partial charge is 0.180 e. The van der Waals surface area contributed by atoms with Gasteiger partial charge in [-0.1, -0.05) is 42.0 Å². The van der Waals surface area contributed by atoms with Gasteiger partial charge in [0.25, 0.3) is 0 Å².